The van der Waals surface area contributed by atoms with E-state index in [0.29, 0.717) is 13.0 Å². The van der Waals surface area contributed by atoms with E-state index in [0.717, 1.165) is 24.2 Å². The zero-order valence-corrected chi connectivity index (χ0v) is 12.7. The van der Waals surface area contributed by atoms with Crippen LogP contribution in [0.15, 0.2) is 30.3 Å². The Morgan fingerprint density at radius 2 is 1.75 bits per heavy atom. The minimum absolute atomic E-state index is 0.218. The molecular formula is C18H26O2. The lowest BCUT2D eigenvalue weighted by Gasteiger charge is -2.02. The van der Waals surface area contributed by atoms with E-state index in [-0.39, 0.29) is 5.78 Å². The Bertz CT molecular complexity index is 404. The monoisotopic (exact) mass is 274 g/mol. The largest absolute Gasteiger partial charge is 0.494 e. The normalized spacial score (nSPS) is 10.9. The van der Waals surface area contributed by atoms with Crippen molar-refractivity contribution in [3.05, 3.63) is 35.9 Å². The third-order valence-electron chi connectivity index (χ3n) is 3.18. The second-order valence-electron chi connectivity index (χ2n) is 4.97. The van der Waals surface area contributed by atoms with Gasteiger partial charge in [0.1, 0.15) is 5.75 Å². The van der Waals surface area contributed by atoms with Gasteiger partial charge in [0.2, 0.25) is 0 Å². The molecule has 0 atom stereocenters. The molecule has 0 fully saturated rings. The fraction of sp³-hybridized carbons (Fsp3) is 0.500. The number of rotatable bonds is 10. The first-order valence-corrected chi connectivity index (χ1v) is 7.70. The van der Waals surface area contributed by atoms with Crippen molar-refractivity contribution in [1.82, 2.24) is 0 Å². The summed E-state index contributed by atoms with van der Waals surface area (Å²) in [7, 11) is 0. The van der Waals surface area contributed by atoms with Crippen LogP contribution in [0.25, 0.3) is 6.08 Å². The summed E-state index contributed by atoms with van der Waals surface area (Å²) >= 11 is 0. The third-order valence-corrected chi connectivity index (χ3v) is 3.18. The number of benzene rings is 1. The summed E-state index contributed by atoms with van der Waals surface area (Å²) in [5.74, 6) is 1.09. The minimum atomic E-state index is 0.218. The van der Waals surface area contributed by atoms with Crippen molar-refractivity contribution in [2.24, 2.45) is 0 Å². The molecule has 110 valence electrons. The zero-order valence-electron chi connectivity index (χ0n) is 12.7. The molecule has 0 aromatic heterocycles. The number of carbonyl (C=O) groups is 1. The molecule has 0 N–H and O–H groups in total. The fourth-order valence-corrected chi connectivity index (χ4v) is 2.02. The fourth-order valence-electron chi connectivity index (χ4n) is 2.02. The Morgan fingerprint density at radius 1 is 1.05 bits per heavy atom. The van der Waals surface area contributed by atoms with Crippen molar-refractivity contribution in [3.63, 3.8) is 0 Å². The van der Waals surface area contributed by atoms with Crippen molar-refractivity contribution < 1.29 is 9.53 Å². The van der Waals surface area contributed by atoms with Crippen LogP contribution >= 0.6 is 0 Å². The van der Waals surface area contributed by atoms with Crippen LogP contribution in [0.5, 0.6) is 5.75 Å². The quantitative estimate of drug-likeness (QED) is 0.442. The van der Waals surface area contributed by atoms with Gasteiger partial charge in [0.05, 0.1) is 6.61 Å². The third kappa shape index (κ3) is 7.13. The first-order chi connectivity index (χ1) is 9.76. The lowest BCUT2D eigenvalue weighted by atomic mass is 10.1. The molecule has 0 amide bonds. The van der Waals surface area contributed by atoms with E-state index in [1.807, 2.05) is 37.3 Å². The van der Waals surface area contributed by atoms with Gasteiger partial charge in [-0.25, -0.2) is 0 Å². The van der Waals surface area contributed by atoms with E-state index in [9.17, 15) is 4.79 Å². The van der Waals surface area contributed by atoms with Crippen molar-refractivity contribution in [3.8, 4) is 5.75 Å². The standard InChI is InChI=1S/C18H26O2/c1-3-5-6-7-8-9-17(19)13-10-16-11-14-18(15-12-16)20-4-2/h10-15H,3-9H2,1-2H3/b13-10+. The van der Waals surface area contributed by atoms with Gasteiger partial charge in [-0.2, -0.15) is 0 Å². The van der Waals surface area contributed by atoms with Crippen LogP contribution in [0.2, 0.25) is 0 Å². The van der Waals surface area contributed by atoms with E-state index < -0.39 is 0 Å². The molecule has 2 nitrogen and oxygen atoms in total. The predicted octanol–water partition coefficient (Wildman–Crippen LogP) is 5.03. The number of carbonyl (C=O) groups excluding carboxylic acids is 1. The van der Waals surface area contributed by atoms with Crippen molar-refractivity contribution in [1.29, 1.82) is 0 Å². The molecule has 0 heterocycles. The average molecular weight is 274 g/mol. The molecule has 20 heavy (non-hydrogen) atoms. The molecule has 1 rings (SSSR count). The van der Waals surface area contributed by atoms with Crippen molar-refractivity contribution in [2.75, 3.05) is 6.61 Å². The van der Waals surface area contributed by atoms with Crippen LogP contribution in [-0.4, -0.2) is 12.4 Å². The molecule has 0 radical (unpaired) electrons. The summed E-state index contributed by atoms with van der Waals surface area (Å²) in [6.45, 7) is 4.84. The van der Waals surface area contributed by atoms with Crippen molar-refractivity contribution >= 4 is 11.9 Å². The van der Waals surface area contributed by atoms with Gasteiger partial charge < -0.3 is 4.74 Å². The van der Waals surface area contributed by atoms with Crippen LogP contribution in [0.4, 0.5) is 0 Å². The highest BCUT2D eigenvalue weighted by atomic mass is 16.5. The van der Waals surface area contributed by atoms with E-state index in [2.05, 4.69) is 6.92 Å². The predicted molar refractivity (Wildman–Crippen MR) is 85.0 cm³/mol. The maximum Gasteiger partial charge on any atom is 0.155 e. The van der Waals surface area contributed by atoms with Gasteiger partial charge in [-0.05, 0) is 37.1 Å². The number of ether oxygens (including phenoxy) is 1. The first-order valence-electron chi connectivity index (χ1n) is 7.70. The average Bonchev–Trinajstić information content (AvgIpc) is 2.47. The number of ketones is 1. The van der Waals surface area contributed by atoms with Gasteiger partial charge in [-0.1, -0.05) is 50.8 Å². The lowest BCUT2D eigenvalue weighted by Crippen LogP contribution is -1.92. The molecule has 0 unspecified atom stereocenters. The van der Waals surface area contributed by atoms with E-state index in [1.165, 1.54) is 19.3 Å². The summed E-state index contributed by atoms with van der Waals surface area (Å²) in [5.41, 5.74) is 1.03. The Kier molecular flexibility index (Phi) is 8.44. The Morgan fingerprint density at radius 3 is 2.40 bits per heavy atom. The van der Waals surface area contributed by atoms with E-state index >= 15 is 0 Å². The summed E-state index contributed by atoms with van der Waals surface area (Å²) in [5, 5.41) is 0. The second kappa shape index (κ2) is 10.2. The smallest absolute Gasteiger partial charge is 0.155 e. The molecule has 2 heteroatoms. The van der Waals surface area contributed by atoms with Gasteiger partial charge in [0, 0.05) is 6.42 Å². The first kappa shape index (κ1) is 16.5. The highest BCUT2D eigenvalue weighted by Crippen LogP contribution is 2.13. The van der Waals surface area contributed by atoms with Gasteiger partial charge >= 0.3 is 0 Å². The summed E-state index contributed by atoms with van der Waals surface area (Å²) in [6.07, 6.45) is 10.2. The minimum Gasteiger partial charge on any atom is -0.494 e. The molecule has 1 aromatic carbocycles. The molecule has 0 saturated carbocycles. The van der Waals surface area contributed by atoms with Gasteiger partial charge in [0.15, 0.2) is 5.78 Å². The summed E-state index contributed by atoms with van der Waals surface area (Å²) in [4.78, 5) is 11.7. The second-order valence-corrected chi connectivity index (χ2v) is 4.97. The molecule has 0 aliphatic heterocycles. The van der Waals surface area contributed by atoms with Gasteiger partial charge in [-0.15, -0.1) is 0 Å². The Labute approximate surface area is 122 Å². The summed E-state index contributed by atoms with van der Waals surface area (Å²) in [6, 6.07) is 7.79. The van der Waals surface area contributed by atoms with Crippen molar-refractivity contribution in [2.45, 2.75) is 52.4 Å². The van der Waals surface area contributed by atoms with Crippen LogP contribution in [0, 0.1) is 0 Å². The Balaban J connectivity index is 2.29. The van der Waals surface area contributed by atoms with Gasteiger partial charge in [0.25, 0.3) is 0 Å². The highest BCUT2D eigenvalue weighted by molar-refractivity contribution is 5.93. The molecule has 0 aliphatic rings. The van der Waals surface area contributed by atoms with Crippen LogP contribution < -0.4 is 4.74 Å². The Hall–Kier alpha value is -1.57. The number of unbranched alkanes of at least 4 members (excludes halogenated alkanes) is 4. The SMILES string of the molecule is CCCCCCCC(=O)/C=C/c1ccc(OCC)cc1. The molecule has 0 aliphatic carbocycles. The number of hydrogen-bond donors (Lipinski definition) is 0. The van der Waals surface area contributed by atoms with E-state index in [4.69, 9.17) is 4.74 Å². The molecule has 0 spiro atoms. The maximum atomic E-state index is 11.7. The lowest BCUT2D eigenvalue weighted by molar-refractivity contribution is -0.114. The van der Waals surface area contributed by atoms with Gasteiger partial charge in [-0.3, -0.25) is 4.79 Å². The molecule has 1 aromatic rings. The number of allylic oxidation sites excluding steroid dienone is 1. The number of hydrogen-bond acceptors (Lipinski definition) is 2. The van der Waals surface area contributed by atoms with Crippen LogP contribution in [-0.2, 0) is 4.79 Å². The van der Waals surface area contributed by atoms with Crippen LogP contribution in [0.3, 0.4) is 0 Å². The maximum absolute atomic E-state index is 11.7. The topological polar surface area (TPSA) is 26.3 Å². The highest BCUT2D eigenvalue weighted by Gasteiger charge is 1.97. The molecule has 0 saturated heterocycles. The molecule has 0 bridgehead atoms. The molecular weight excluding hydrogens is 248 g/mol. The zero-order chi connectivity index (χ0) is 14.6. The van der Waals surface area contributed by atoms with Crippen LogP contribution in [0.1, 0.15) is 57.9 Å². The summed E-state index contributed by atoms with van der Waals surface area (Å²) < 4.78 is 5.38. The van der Waals surface area contributed by atoms with E-state index in [1.54, 1.807) is 6.08 Å².